The van der Waals surface area contributed by atoms with E-state index in [1.54, 1.807) is 60.7 Å². The first-order valence-electron chi connectivity index (χ1n) is 16.1. The smallest absolute Gasteiger partial charge is 0.416 e. The van der Waals surface area contributed by atoms with Crippen molar-refractivity contribution in [2.24, 2.45) is 0 Å². The van der Waals surface area contributed by atoms with Gasteiger partial charge in [0.05, 0.1) is 35.9 Å². The lowest BCUT2D eigenvalue weighted by Gasteiger charge is -2.52. The van der Waals surface area contributed by atoms with Crippen molar-refractivity contribution in [3.8, 4) is 0 Å². The number of piperidine rings is 1. The van der Waals surface area contributed by atoms with Gasteiger partial charge < -0.3 is 20.1 Å². The van der Waals surface area contributed by atoms with Crippen molar-refractivity contribution in [3.05, 3.63) is 107 Å². The molecule has 51 heavy (non-hydrogen) atoms. The SMILES string of the molecule is CNC(=O)C1(NC(=O)CCCCl)CC[C@@](CO[C@H](C)c2cc(C(F)(F)F)cc(C(F)(F)F)c2)(c2ccccc2)N(C(=O)OCc2ccccc2)C1. The lowest BCUT2D eigenvalue weighted by Crippen LogP contribution is -2.71. The van der Waals surface area contributed by atoms with Gasteiger partial charge in [-0.2, -0.15) is 26.3 Å². The zero-order chi connectivity index (χ0) is 37.5. The van der Waals surface area contributed by atoms with Gasteiger partial charge in [-0.1, -0.05) is 60.7 Å². The van der Waals surface area contributed by atoms with E-state index in [0.717, 1.165) is 0 Å². The van der Waals surface area contributed by atoms with E-state index >= 15 is 0 Å². The number of nitrogens with zero attached hydrogens (tertiary/aromatic N) is 1. The summed E-state index contributed by atoms with van der Waals surface area (Å²) in [5, 5.41) is 5.34. The van der Waals surface area contributed by atoms with Crippen LogP contribution < -0.4 is 10.6 Å². The number of likely N-dealkylation sites (N-methyl/N-ethyl adjacent to an activating group) is 1. The zero-order valence-electron chi connectivity index (χ0n) is 27.9. The number of hydrogen-bond acceptors (Lipinski definition) is 5. The second-order valence-corrected chi connectivity index (χ2v) is 12.7. The molecule has 3 amide bonds. The summed E-state index contributed by atoms with van der Waals surface area (Å²) in [6, 6.07) is 18.4. The number of benzene rings is 3. The number of likely N-dealkylation sites (tertiary alicyclic amines) is 1. The highest BCUT2D eigenvalue weighted by Gasteiger charge is 2.55. The van der Waals surface area contributed by atoms with Gasteiger partial charge in [0.1, 0.15) is 12.1 Å². The zero-order valence-corrected chi connectivity index (χ0v) is 28.6. The van der Waals surface area contributed by atoms with Crippen LogP contribution in [0.2, 0.25) is 0 Å². The topological polar surface area (TPSA) is 97.0 Å². The lowest BCUT2D eigenvalue weighted by atomic mass is 9.74. The first-order valence-corrected chi connectivity index (χ1v) is 16.6. The number of halogens is 7. The second-order valence-electron chi connectivity index (χ2n) is 12.3. The molecule has 4 rings (SSSR count). The van der Waals surface area contributed by atoms with Crippen molar-refractivity contribution in [2.45, 2.75) is 68.7 Å². The molecule has 276 valence electrons. The third-order valence-electron chi connectivity index (χ3n) is 8.88. The van der Waals surface area contributed by atoms with E-state index in [1.165, 1.54) is 18.9 Å². The number of nitrogens with one attached hydrogen (secondary N) is 2. The minimum atomic E-state index is -5.07. The van der Waals surface area contributed by atoms with E-state index < -0.39 is 71.7 Å². The third kappa shape index (κ3) is 9.53. The molecule has 1 aliphatic rings. The molecule has 0 aromatic heterocycles. The van der Waals surface area contributed by atoms with Gasteiger partial charge >= 0.3 is 18.4 Å². The summed E-state index contributed by atoms with van der Waals surface area (Å²) in [5.41, 5.74) is -5.34. The van der Waals surface area contributed by atoms with Gasteiger partial charge in [0, 0.05) is 19.3 Å². The van der Waals surface area contributed by atoms with Crippen molar-refractivity contribution in [3.63, 3.8) is 0 Å². The third-order valence-corrected chi connectivity index (χ3v) is 9.14. The number of ether oxygens (including phenoxy) is 2. The van der Waals surface area contributed by atoms with Crippen molar-refractivity contribution in [1.82, 2.24) is 15.5 Å². The molecule has 8 nitrogen and oxygen atoms in total. The molecule has 0 bridgehead atoms. The predicted octanol–water partition coefficient (Wildman–Crippen LogP) is 7.75. The molecule has 3 aromatic carbocycles. The van der Waals surface area contributed by atoms with E-state index in [0.29, 0.717) is 29.7 Å². The van der Waals surface area contributed by atoms with Gasteiger partial charge in [0.25, 0.3) is 0 Å². The van der Waals surface area contributed by atoms with E-state index in [2.05, 4.69) is 10.6 Å². The van der Waals surface area contributed by atoms with Gasteiger partial charge in [0.2, 0.25) is 11.8 Å². The minimum absolute atomic E-state index is 0.00204. The number of amides is 3. The van der Waals surface area contributed by atoms with Crippen LogP contribution in [0.5, 0.6) is 0 Å². The summed E-state index contributed by atoms with van der Waals surface area (Å²) in [4.78, 5) is 42.0. The van der Waals surface area contributed by atoms with E-state index in [9.17, 15) is 40.7 Å². The van der Waals surface area contributed by atoms with Gasteiger partial charge in [-0.3, -0.25) is 14.5 Å². The molecule has 1 saturated heterocycles. The Hall–Kier alpha value is -4.30. The van der Waals surface area contributed by atoms with Crippen LogP contribution in [-0.4, -0.2) is 54.4 Å². The fourth-order valence-corrected chi connectivity index (χ4v) is 6.22. The maximum absolute atomic E-state index is 14.2. The molecule has 1 unspecified atom stereocenters. The molecule has 1 aliphatic heterocycles. The Morgan fingerprint density at radius 2 is 1.49 bits per heavy atom. The number of rotatable bonds is 12. The largest absolute Gasteiger partial charge is 0.445 e. The predicted molar refractivity (Wildman–Crippen MR) is 176 cm³/mol. The second kappa shape index (κ2) is 16.4. The fraction of sp³-hybridized carbons (Fsp3) is 0.417. The average molecular weight is 742 g/mol. The summed E-state index contributed by atoms with van der Waals surface area (Å²) in [7, 11) is 1.38. The molecule has 3 aromatic rings. The molecule has 1 fully saturated rings. The normalized spacial score (nSPS) is 20.0. The highest BCUT2D eigenvalue weighted by atomic mass is 35.5. The van der Waals surface area contributed by atoms with Crippen molar-refractivity contribution in [2.75, 3.05) is 26.1 Å². The Balaban J connectivity index is 1.78. The van der Waals surface area contributed by atoms with Gasteiger partial charge in [-0.25, -0.2) is 4.79 Å². The maximum Gasteiger partial charge on any atom is 0.416 e. The monoisotopic (exact) mass is 741 g/mol. The number of hydrogen-bond donors (Lipinski definition) is 2. The maximum atomic E-state index is 14.2. The molecular weight excluding hydrogens is 704 g/mol. The Labute approximate surface area is 296 Å². The van der Waals surface area contributed by atoms with Gasteiger partial charge in [-0.05, 0) is 61.1 Å². The summed E-state index contributed by atoms with van der Waals surface area (Å²) < 4.78 is 94.0. The summed E-state index contributed by atoms with van der Waals surface area (Å²) in [5.74, 6) is -0.887. The van der Waals surface area contributed by atoms with E-state index in [-0.39, 0.29) is 43.4 Å². The van der Waals surface area contributed by atoms with Crippen LogP contribution in [0.4, 0.5) is 31.1 Å². The number of carbonyl (C=O) groups is 3. The highest BCUT2D eigenvalue weighted by molar-refractivity contribution is 6.17. The minimum Gasteiger partial charge on any atom is -0.445 e. The summed E-state index contributed by atoms with van der Waals surface area (Å²) in [6.07, 6.45) is -12.1. The van der Waals surface area contributed by atoms with E-state index in [1.807, 2.05) is 0 Å². The molecule has 0 spiro atoms. The van der Waals surface area contributed by atoms with Crippen LogP contribution >= 0.6 is 11.6 Å². The van der Waals surface area contributed by atoms with Crippen LogP contribution in [-0.2, 0) is 43.6 Å². The highest BCUT2D eigenvalue weighted by Crippen LogP contribution is 2.44. The molecule has 0 radical (unpaired) electrons. The molecular formula is C36H38ClF6N3O5. The quantitative estimate of drug-likeness (QED) is 0.146. The fourth-order valence-electron chi connectivity index (χ4n) is 6.09. The van der Waals surface area contributed by atoms with Crippen LogP contribution in [0.3, 0.4) is 0 Å². The molecule has 0 saturated carbocycles. The number of carbonyl (C=O) groups excluding carboxylic acids is 3. The summed E-state index contributed by atoms with van der Waals surface area (Å²) in [6.45, 7) is 0.292. The standard InChI is InChI=1S/C36H38ClF6N3O5/c1-24(26-18-28(35(38,39)40)20-29(19-26)36(41,42)43)51-23-34(27-12-7-4-8-13-27)16-15-33(31(48)44-2,45-30(47)14-9-17-37)22-46(34)32(49)50-21-25-10-5-3-6-11-25/h3-8,10-13,18-20,24H,9,14-17,21-23H2,1-2H3,(H,44,48)(H,45,47)/t24-,33?,34-/m1/s1. The Bertz CT molecular complexity index is 1630. The van der Waals surface area contributed by atoms with E-state index in [4.69, 9.17) is 21.1 Å². The van der Waals surface area contributed by atoms with Crippen molar-refractivity contribution < 1.29 is 50.2 Å². The van der Waals surface area contributed by atoms with Gasteiger partial charge in [0.15, 0.2) is 0 Å². The van der Waals surface area contributed by atoms with Crippen LogP contribution in [0.1, 0.15) is 66.5 Å². The number of alkyl halides is 7. The molecule has 0 aliphatic carbocycles. The van der Waals surface area contributed by atoms with Crippen molar-refractivity contribution in [1.29, 1.82) is 0 Å². The Kier molecular flexibility index (Phi) is 12.7. The van der Waals surface area contributed by atoms with Crippen molar-refractivity contribution >= 4 is 29.5 Å². The lowest BCUT2D eigenvalue weighted by molar-refractivity contribution is -0.143. The molecule has 2 N–H and O–H groups in total. The van der Waals surface area contributed by atoms with Crippen LogP contribution in [0.25, 0.3) is 0 Å². The first kappa shape index (κ1) is 39.5. The van der Waals surface area contributed by atoms with Crippen LogP contribution in [0, 0.1) is 0 Å². The molecule has 1 heterocycles. The molecule has 3 atom stereocenters. The van der Waals surface area contributed by atoms with Crippen LogP contribution in [0.15, 0.2) is 78.9 Å². The first-order chi connectivity index (χ1) is 24.0. The van der Waals surface area contributed by atoms with Gasteiger partial charge in [-0.15, -0.1) is 11.6 Å². The Morgan fingerprint density at radius 1 is 0.902 bits per heavy atom. The average Bonchev–Trinajstić information content (AvgIpc) is 3.11. The molecule has 15 heteroatoms. The summed E-state index contributed by atoms with van der Waals surface area (Å²) >= 11 is 5.78. The Morgan fingerprint density at radius 3 is 2.04 bits per heavy atom.